The summed E-state index contributed by atoms with van der Waals surface area (Å²) in [5.41, 5.74) is 6.40. The molecule has 0 unspecified atom stereocenters. The average molecular weight is 270 g/mol. The zero-order valence-electron chi connectivity index (χ0n) is 11.5. The van der Waals surface area contributed by atoms with Crippen molar-refractivity contribution < 1.29 is 14.6 Å². The molecule has 7 nitrogen and oxygen atoms in total. The molecule has 0 bridgehead atoms. The molecule has 1 aromatic rings. The Balaban J connectivity index is 2.88. The van der Waals surface area contributed by atoms with Crippen LogP contribution in [0.5, 0.6) is 5.88 Å². The van der Waals surface area contributed by atoms with E-state index in [2.05, 4.69) is 9.97 Å². The second-order valence-corrected chi connectivity index (χ2v) is 3.97. The quantitative estimate of drug-likeness (QED) is 0.666. The zero-order chi connectivity index (χ0) is 14.1. The minimum absolute atomic E-state index is 0.0122. The monoisotopic (exact) mass is 270 g/mol. The van der Waals surface area contributed by atoms with Crippen molar-refractivity contribution in [1.82, 2.24) is 9.97 Å². The molecule has 0 aliphatic carbocycles. The summed E-state index contributed by atoms with van der Waals surface area (Å²) >= 11 is 0. The number of aromatic nitrogens is 2. The number of aliphatic hydroxyl groups is 1. The molecule has 1 aromatic heterocycles. The smallest absolute Gasteiger partial charge is 0.242 e. The number of rotatable bonds is 9. The van der Waals surface area contributed by atoms with Gasteiger partial charge in [0.2, 0.25) is 5.88 Å². The van der Waals surface area contributed by atoms with Crippen molar-refractivity contribution in [3.8, 4) is 5.88 Å². The number of ether oxygens (including phenoxy) is 2. The fourth-order valence-corrected chi connectivity index (χ4v) is 1.58. The molecule has 108 valence electrons. The third kappa shape index (κ3) is 4.53. The molecule has 0 saturated heterocycles. The van der Waals surface area contributed by atoms with Crippen LogP contribution in [0.2, 0.25) is 0 Å². The zero-order valence-corrected chi connectivity index (χ0v) is 11.5. The van der Waals surface area contributed by atoms with E-state index in [1.165, 1.54) is 6.33 Å². The van der Waals surface area contributed by atoms with Crippen LogP contribution in [-0.4, -0.2) is 55.1 Å². The van der Waals surface area contributed by atoms with E-state index in [1.54, 1.807) is 7.11 Å². The minimum atomic E-state index is 0.0122. The van der Waals surface area contributed by atoms with Gasteiger partial charge >= 0.3 is 0 Å². The lowest BCUT2D eigenvalue weighted by atomic mass is 10.4. The van der Waals surface area contributed by atoms with E-state index in [0.29, 0.717) is 43.7 Å². The summed E-state index contributed by atoms with van der Waals surface area (Å²) in [5.74, 6) is 0.944. The van der Waals surface area contributed by atoms with E-state index in [1.807, 2.05) is 11.8 Å². The van der Waals surface area contributed by atoms with E-state index in [9.17, 15) is 0 Å². The number of nitrogens with two attached hydrogens (primary N) is 1. The maximum absolute atomic E-state index is 9.10. The third-order valence-electron chi connectivity index (χ3n) is 2.50. The van der Waals surface area contributed by atoms with E-state index in [-0.39, 0.29) is 6.61 Å². The number of hydrogen-bond acceptors (Lipinski definition) is 7. The van der Waals surface area contributed by atoms with Gasteiger partial charge in [0.15, 0.2) is 5.82 Å². The van der Waals surface area contributed by atoms with Crippen molar-refractivity contribution in [1.29, 1.82) is 0 Å². The number of hydrogen-bond donors (Lipinski definition) is 2. The summed E-state index contributed by atoms with van der Waals surface area (Å²) in [6, 6.07) is 0. The van der Waals surface area contributed by atoms with Crippen LogP contribution in [0.3, 0.4) is 0 Å². The lowest BCUT2D eigenvalue weighted by molar-refractivity contribution is 0.202. The minimum Gasteiger partial charge on any atom is -0.476 e. The highest BCUT2D eigenvalue weighted by atomic mass is 16.5. The Morgan fingerprint density at radius 3 is 2.74 bits per heavy atom. The Kier molecular flexibility index (Phi) is 6.91. The topological polar surface area (TPSA) is 93.7 Å². The van der Waals surface area contributed by atoms with Gasteiger partial charge in [-0.25, -0.2) is 4.98 Å². The van der Waals surface area contributed by atoms with E-state index in [0.717, 1.165) is 6.42 Å². The largest absolute Gasteiger partial charge is 0.476 e. The summed E-state index contributed by atoms with van der Waals surface area (Å²) in [6.45, 7) is 4.11. The van der Waals surface area contributed by atoms with Gasteiger partial charge in [0.25, 0.3) is 0 Å². The number of methoxy groups -OCH3 is 1. The van der Waals surface area contributed by atoms with Gasteiger partial charge in [-0.3, -0.25) is 0 Å². The lowest BCUT2D eigenvalue weighted by Gasteiger charge is -2.24. The van der Waals surface area contributed by atoms with Crippen molar-refractivity contribution >= 4 is 11.5 Å². The predicted molar refractivity (Wildman–Crippen MR) is 73.4 cm³/mol. The van der Waals surface area contributed by atoms with Crippen LogP contribution in [0, 0.1) is 0 Å². The normalized spacial score (nSPS) is 10.5. The van der Waals surface area contributed by atoms with Gasteiger partial charge in [-0.15, -0.1) is 0 Å². The van der Waals surface area contributed by atoms with E-state index >= 15 is 0 Å². The summed E-state index contributed by atoms with van der Waals surface area (Å²) in [4.78, 5) is 10.0. The molecule has 1 rings (SSSR count). The molecule has 0 amide bonds. The molecule has 0 aliphatic heterocycles. The molecule has 1 heterocycles. The molecular formula is C12H22N4O3. The fourth-order valence-electron chi connectivity index (χ4n) is 1.58. The van der Waals surface area contributed by atoms with E-state index < -0.39 is 0 Å². The Bertz CT molecular complexity index is 376. The van der Waals surface area contributed by atoms with Gasteiger partial charge < -0.3 is 25.2 Å². The lowest BCUT2D eigenvalue weighted by Crippen LogP contribution is -2.31. The predicted octanol–water partition coefficient (Wildman–Crippen LogP) is 0.293. The first-order chi connectivity index (χ1) is 9.24. The third-order valence-corrected chi connectivity index (χ3v) is 2.50. The number of anilines is 2. The summed E-state index contributed by atoms with van der Waals surface area (Å²) in [7, 11) is 1.62. The van der Waals surface area contributed by atoms with Gasteiger partial charge in [-0.05, 0) is 6.42 Å². The molecule has 0 aromatic carbocycles. The summed E-state index contributed by atoms with van der Waals surface area (Å²) in [5, 5.41) is 9.10. The first-order valence-electron chi connectivity index (χ1n) is 6.32. The van der Waals surface area contributed by atoms with Crippen molar-refractivity contribution in [2.45, 2.75) is 13.3 Å². The van der Waals surface area contributed by atoms with Crippen LogP contribution < -0.4 is 15.4 Å². The number of nitrogens with zero attached hydrogens (tertiary/aromatic N) is 3. The molecule has 0 aliphatic rings. The van der Waals surface area contributed by atoms with Gasteiger partial charge in [0.1, 0.15) is 12.0 Å². The highest BCUT2D eigenvalue weighted by Crippen LogP contribution is 2.27. The Morgan fingerprint density at radius 2 is 2.11 bits per heavy atom. The summed E-state index contributed by atoms with van der Waals surface area (Å²) in [6.07, 6.45) is 2.29. The van der Waals surface area contributed by atoms with Crippen molar-refractivity contribution in [2.75, 3.05) is 50.7 Å². The summed E-state index contributed by atoms with van der Waals surface area (Å²) < 4.78 is 10.5. The van der Waals surface area contributed by atoms with Crippen LogP contribution in [-0.2, 0) is 4.74 Å². The van der Waals surface area contributed by atoms with Crippen LogP contribution in [0.25, 0.3) is 0 Å². The highest BCUT2D eigenvalue weighted by molar-refractivity contribution is 5.67. The second-order valence-electron chi connectivity index (χ2n) is 3.97. The maximum Gasteiger partial charge on any atom is 0.242 e. The molecule has 0 atom stereocenters. The fraction of sp³-hybridized carbons (Fsp3) is 0.667. The average Bonchev–Trinajstić information content (AvgIpc) is 2.42. The molecule has 7 heteroatoms. The van der Waals surface area contributed by atoms with Gasteiger partial charge in [-0.2, -0.15) is 4.98 Å². The van der Waals surface area contributed by atoms with Gasteiger partial charge in [0.05, 0.1) is 19.8 Å². The van der Waals surface area contributed by atoms with Crippen molar-refractivity contribution in [3.63, 3.8) is 0 Å². The number of aliphatic hydroxyl groups excluding tert-OH is 1. The highest BCUT2D eigenvalue weighted by Gasteiger charge is 2.15. The maximum atomic E-state index is 9.10. The Hall–Kier alpha value is -1.60. The van der Waals surface area contributed by atoms with Gasteiger partial charge in [-0.1, -0.05) is 6.92 Å². The molecule has 3 N–H and O–H groups in total. The van der Waals surface area contributed by atoms with Gasteiger partial charge in [0, 0.05) is 20.2 Å². The molecule has 19 heavy (non-hydrogen) atoms. The molecule has 0 saturated carbocycles. The van der Waals surface area contributed by atoms with Crippen LogP contribution >= 0.6 is 0 Å². The molecule has 0 spiro atoms. The Labute approximate surface area is 113 Å². The van der Waals surface area contributed by atoms with Crippen molar-refractivity contribution in [3.05, 3.63) is 6.33 Å². The van der Waals surface area contributed by atoms with E-state index in [4.69, 9.17) is 20.3 Å². The van der Waals surface area contributed by atoms with Crippen LogP contribution in [0.1, 0.15) is 13.3 Å². The molecule has 0 radical (unpaired) electrons. The Morgan fingerprint density at radius 1 is 1.32 bits per heavy atom. The first kappa shape index (κ1) is 15.5. The van der Waals surface area contributed by atoms with Crippen LogP contribution in [0.15, 0.2) is 6.33 Å². The SMILES string of the molecule is CCCOc1ncnc(N(CCO)CCOC)c1N. The molecule has 0 fully saturated rings. The second kappa shape index (κ2) is 8.49. The molecular weight excluding hydrogens is 248 g/mol. The van der Waals surface area contributed by atoms with Crippen LogP contribution in [0.4, 0.5) is 11.5 Å². The van der Waals surface area contributed by atoms with Crippen molar-refractivity contribution in [2.24, 2.45) is 0 Å². The number of nitrogen functional groups attached to an aromatic ring is 1. The standard InChI is InChI=1S/C12H22N4O3/c1-3-7-19-12-10(13)11(14-9-15-12)16(4-6-17)5-8-18-2/h9,17H,3-8,13H2,1-2H3. The first-order valence-corrected chi connectivity index (χ1v) is 6.32.